The van der Waals surface area contributed by atoms with Crippen molar-refractivity contribution in [1.29, 1.82) is 0 Å². The number of benzene rings is 2. The molecule has 0 N–H and O–H groups in total. The van der Waals surface area contributed by atoms with Gasteiger partial charge in [0, 0.05) is 27.6 Å². The fraction of sp³-hybridized carbons (Fsp3) is 0.176. The summed E-state index contributed by atoms with van der Waals surface area (Å²) in [6.07, 6.45) is 0. The molecule has 0 radical (unpaired) electrons. The third kappa shape index (κ3) is 2.21. The number of fused-ring (bicyclic) bond motifs is 1. The molecular weight excluding hydrogens is 298 g/mol. The van der Waals surface area contributed by atoms with E-state index in [0.717, 1.165) is 6.54 Å². The molecule has 19 heavy (non-hydrogen) atoms. The molecule has 96 valence electrons. The molecule has 0 atom stereocenters. The Labute approximate surface area is 122 Å². The molecule has 0 bridgehead atoms. The van der Waals surface area contributed by atoms with Crippen LogP contribution in [0.15, 0.2) is 53.0 Å². The maximum Gasteiger partial charge on any atom is 0.0497 e. The second kappa shape index (κ2) is 4.86. The molecule has 0 spiro atoms. The largest absolute Gasteiger partial charge is 0.339 e. The van der Waals surface area contributed by atoms with Crippen molar-refractivity contribution >= 4 is 26.8 Å². The lowest BCUT2D eigenvalue weighted by Crippen LogP contribution is -2.01. The molecule has 0 aliphatic rings. The number of para-hydroxylation sites is 1. The minimum absolute atomic E-state index is 0.916. The van der Waals surface area contributed by atoms with Gasteiger partial charge in [0.15, 0.2) is 0 Å². The zero-order chi connectivity index (χ0) is 13.4. The summed E-state index contributed by atoms with van der Waals surface area (Å²) >= 11 is 3.71. The summed E-state index contributed by atoms with van der Waals surface area (Å²) in [4.78, 5) is 0. The number of rotatable bonds is 2. The Morgan fingerprint density at radius 1 is 1.00 bits per heavy atom. The summed E-state index contributed by atoms with van der Waals surface area (Å²) in [7, 11) is 0. The number of halogens is 1. The SMILES string of the molecule is Cc1cccc(Cn2c(C)c(Br)c3ccccc32)c1. The average Bonchev–Trinajstić information content (AvgIpc) is 2.65. The monoisotopic (exact) mass is 313 g/mol. The van der Waals surface area contributed by atoms with Gasteiger partial charge >= 0.3 is 0 Å². The Balaban J connectivity index is 2.13. The van der Waals surface area contributed by atoms with Gasteiger partial charge in [0.2, 0.25) is 0 Å². The van der Waals surface area contributed by atoms with Crippen molar-refractivity contribution in [3.05, 3.63) is 69.8 Å². The zero-order valence-electron chi connectivity index (χ0n) is 11.2. The number of hydrogen-bond donors (Lipinski definition) is 0. The minimum Gasteiger partial charge on any atom is -0.339 e. The lowest BCUT2D eigenvalue weighted by Gasteiger charge is -2.09. The molecule has 2 heteroatoms. The van der Waals surface area contributed by atoms with Crippen molar-refractivity contribution in [3.8, 4) is 0 Å². The zero-order valence-corrected chi connectivity index (χ0v) is 12.7. The third-order valence-corrected chi connectivity index (χ3v) is 4.58. The second-order valence-corrected chi connectivity index (χ2v) is 5.78. The van der Waals surface area contributed by atoms with Crippen LogP contribution < -0.4 is 0 Å². The molecule has 3 rings (SSSR count). The molecule has 0 saturated heterocycles. The van der Waals surface area contributed by atoms with Crippen LogP contribution in [0.1, 0.15) is 16.8 Å². The molecule has 1 aromatic heterocycles. The Hall–Kier alpha value is -1.54. The molecule has 0 aliphatic carbocycles. The topological polar surface area (TPSA) is 4.93 Å². The lowest BCUT2D eigenvalue weighted by atomic mass is 10.1. The molecule has 3 aromatic rings. The van der Waals surface area contributed by atoms with Gasteiger partial charge in [-0.05, 0) is 41.4 Å². The first-order chi connectivity index (χ1) is 9.16. The summed E-state index contributed by atoms with van der Waals surface area (Å²) in [6.45, 7) is 5.22. The molecular formula is C17H16BrN. The van der Waals surface area contributed by atoms with Gasteiger partial charge in [0.05, 0.1) is 0 Å². The van der Waals surface area contributed by atoms with E-state index >= 15 is 0 Å². The van der Waals surface area contributed by atoms with Crippen molar-refractivity contribution in [2.75, 3.05) is 0 Å². The summed E-state index contributed by atoms with van der Waals surface area (Å²) in [5.74, 6) is 0. The molecule has 0 aliphatic heterocycles. The van der Waals surface area contributed by atoms with Crippen molar-refractivity contribution in [2.24, 2.45) is 0 Å². The molecule has 1 heterocycles. The fourth-order valence-electron chi connectivity index (χ4n) is 2.59. The minimum atomic E-state index is 0.916. The number of hydrogen-bond acceptors (Lipinski definition) is 0. The molecule has 0 unspecified atom stereocenters. The summed E-state index contributed by atoms with van der Waals surface area (Å²) in [6, 6.07) is 17.2. The van der Waals surface area contributed by atoms with E-state index in [1.54, 1.807) is 0 Å². The quantitative estimate of drug-likeness (QED) is 0.622. The summed E-state index contributed by atoms with van der Waals surface area (Å²) in [5, 5.41) is 1.28. The first-order valence-electron chi connectivity index (χ1n) is 6.45. The Morgan fingerprint density at radius 3 is 2.58 bits per heavy atom. The molecule has 0 saturated carbocycles. The van der Waals surface area contributed by atoms with Gasteiger partial charge in [-0.1, -0.05) is 48.0 Å². The average molecular weight is 314 g/mol. The van der Waals surface area contributed by atoms with Crippen LogP contribution in [0.3, 0.4) is 0 Å². The smallest absolute Gasteiger partial charge is 0.0497 e. The summed E-state index contributed by atoms with van der Waals surface area (Å²) < 4.78 is 3.57. The van der Waals surface area contributed by atoms with E-state index in [2.05, 4.69) is 82.9 Å². The van der Waals surface area contributed by atoms with Crippen LogP contribution in [0.4, 0.5) is 0 Å². The standard InChI is InChI=1S/C17H16BrN/c1-12-6-5-7-14(10-12)11-19-13(2)17(18)15-8-3-4-9-16(15)19/h3-10H,11H2,1-2H3. The normalized spacial score (nSPS) is 11.1. The first kappa shape index (κ1) is 12.5. The Morgan fingerprint density at radius 2 is 1.79 bits per heavy atom. The Kier molecular flexibility index (Phi) is 3.19. The van der Waals surface area contributed by atoms with E-state index in [1.165, 1.54) is 32.2 Å². The van der Waals surface area contributed by atoms with Gasteiger partial charge < -0.3 is 4.57 Å². The van der Waals surface area contributed by atoms with Gasteiger partial charge in [-0.2, -0.15) is 0 Å². The molecule has 0 fully saturated rings. The first-order valence-corrected chi connectivity index (χ1v) is 7.25. The lowest BCUT2D eigenvalue weighted by molar-refractivity contribution is 0.802. The second-order valence-electron chi connectivity index (χ2n) is 4.99. The highest BCUT2D eigenvalue weighted by molar-refractivity contribution is 9.10. The van der Waals surface area contributed by atoms with E-state index in [-0.39, 0.29) is 0 Å². The molecule has 2 aromatic carbocycles. The van der Waals surface area contributed by atoms with Crippen LogP contribution in [0.2, 0.25) is 0 Å². The van der Waals surface area contributed by atoms with Gasteiger partial charge in [0.1, 0.15) is 0 Å². The highest BCUT2D eigenvalue weighted by atomic mass is 79.9. The maximum absolute atomic E-state index is 3.71. The summed E-state index contributed by atoms with van der Waals surface area (Å²) in [5.41, 5.74) is 5.22. The van der Waals surface area contributed by atoms with E-state index in [4.69, 9.17) is 0 Å². The van der Waals surface area contributed by atoms with E-state index in [1.807, 2.05) is 0 Å². The van der Waals surface area contributed by atoms with Crippen LogP contribution in [0.25, 0.3) is 10.9 Å². The predicted molar refractivity (Wildman–Crippen MR) is 84.7 cm³/mol. The van der Waals surface area contributed by atoms with Gasteiger partial charge in [-0.15, -0.1) is 0 Å². The Bertz CT molecular complexity index is 740. The third-order valence-electron chi connectivity index (χ3n) is 3.58. The van der Waals surface area contributed by atoms with Crippen molar-refractivity contribution < 1.29 is 0 Å². The molecule has 1 nitrogen and oxygen atoms in total. The van der Waals surface area contributed by atoms with Gasteiger partial charge in [-0.25, -0.2) is 0 Å². The maximum atomic E-state index is 3.71. The number of nitrogens with zero attached hydrogens (tertiary/aromatic N) is 1. The highest BCUT2D eigenvalue weighted by Crippen LogP contribution is 2.31. The van der Waals surface area contributed by atoms with E-state index in [9.17, 15) is 0 Å². The van der Waals surface area contributed by atoms with Crippen LogP contribution in [-0.4, -0.2) is 4.57 Å². The predicted octanol–water partition coefficient (Wildman–Crippen LogP) is 5.07. The van der Waals surface area contributed by atoms with Crippen LogP contribution in [0.5, 0.6) is 0 Å². The van der Waals surface area contributed by atoms with E-state index < -0.39 is 0 Å². The van der Waals surface area contributed by atoms with Crippen LogP contribution >= 0.6 is 15.9 Å². The van der Waals surface area contributed by atoms with Gasteiger partial charge in [-0.3, -0.25) is 0 Å². The highest BCUT2D eigenvalue weighted by Gasteiger charge is 2.11. The number of aryl methyl sites for hydroxylation is 1. The van der Waals surface area contributed by atoms with Crippen molar-refractivity contribution in [2.45, 2.75) is 20.4 Å². The van der Waals surface area contributed by atoms with Crippen molar-refractivity contribution in [3.63, 3.8) is 0 Å². The van der Waals surface area contributed by atoms with Crippen LogP contribution in [-0.2, 0) is 6.54 Å². The van der Waals surface area contributed by atoms with Gasteiger partial charge in [0.25, 0.3) is 0 Å². The van der Waals surface area contributed by atoms with E-state index in [0.29, 0.717) is 0 Å². The number of aromatic nitrogens is 1. The molecule has 0 amide bonds. The van der Waals surface area contributed by atoms with Crippen molar-refractivity contribution in [1.82, 2.24) is 4.57 Å². The fourth-order valence-corrected chi connectivity index (χ4v) is 3.13. The van der Waals surface area contributed by atoms with Crippen LogP contribution in [0, 0.1) is 13.8 Å².